The van der Waals surface area contributed by atoms with Crippen molar-refractivity contribution in [2.75, 3.05) is 6.54 Å². The molecule has 5 rings (SSSR count). The summed E-state index contributed by atoms with van der Waals surface area (Å²) in [5.41, 5.74) is 1.12. The highest BCUT2D eigenvalue weighted by atomic mass is 35.5. The number of alkyl halides is 3. The van der Waals surface area contributed by atoms with Crippen molar-refractivity contribution in [3.8, 4) is 16.9 Å². The van der Waals surface area contributed by atoms with Crippen LogP contribution in [-0.2, 0) is 13.2 Å². The maximum atomic E-state index is 13.6. The van der Waals surface area contributed by atoms with Gasteiger partial charge in [0.15, 0.2) is 5.82 Å². The third-order valence-electron chi connectivity index (χ3n) is 5.79. The Balaban J connectivity index is 1.47. The van der Waals surface area contributed by atoms with Gasteiger partial charge in [0.2, 0.25) is 0 Å². The average Bonchev–Trinajstić information content (AvgIpc) is 3.62. The van der Waals surface area contributed by atoms with Crippen molar-refractivity contribution in [1.29, 1.82) is 0 Å². The molecule has 3 aromatic rings. The molecule has 0 saturated heterocycles. The van der Waals surface area contributed by atoms with Crippen LogP contribution in [0.5, 0.6) is 0 Å². The normalized spacial score (nSPS) is 16.6. The SMILES string of the molecule is Cc1nn(C)c(-n2cc(-c3ccc(Cl)c(C(=O)NC4(C5=NC5)CC4)c3)cn2)c1C(F)(F)F. The van der Waals surface area contributed by atoms with Gasteiger partial charge in [-0.1, -0.05) is 17.7 Å². The van der Waals surface area contributed by atoms with E-state index >= 15 is 0 Å². The average molecular weight is 463 g/mol. The van der Waals surface area contributed by atoms with Crippen molar-refractivity contribution < 1.29 is 18.0 Å². The first-order chi connectivity index (χ1) is 15.1. The van der Waals surface area contributed by atoms with Crippen LogP contribution in [0.25, 0.3) is 16.9 Å². The molecule has 32 heavy (non-hydrogen) atoms. The van der Waals surface area contributed by atoms with Crippen LogP contribution in [0.2, 0.25) is 5.02 Å². The zero-order valence-electron chi connectivity index (χ0n) is 17.2. The van der Waals surface area contributed by atoms with E-state index in [4.69, 9.17) is 11.6 Å². The van der Waals surface area contributed by atoms with E-state index in [-0.39, 0.29) is 33.5 Å². The Morgan fingerprint density at radius 3 is 2.59 bits per heavy atom. The molecule has 0 bridgehead atoms. The summed E-state index contributed by atoms with van der Waals surface area (Å²) in [6.45, 7) is 1.99. The summed E-state index contributed by atoms with van der Waals surface area (Å²) in [4.78, 5) is 17.1. The number of hydrogen-bond acceptors (Lipinski definition) is 4. The van der Waals surface area contributed by atoms with Crippen molar-refractivity contribution >= 4 is 23.2 Å². The van der Waals surface area contributed by atoms with E-state index < -0.39 is 11.7 Å². The minimum absolute atomic E-state index is 0.133. The second-order valence-corrected chi connectivity index (χ2v) is 8.48. The second kappa shape index (κ2) is 6.93. The minimum Gasteiger partial charge on any atom is -0.341 e. The standard InChI is InChI=1S/C21H18ClF3N6O/c1-11-17(21(23,24)25)19(30(2)29-11)31-10-13(8-27-31)12-3-4-15(22)14(7-12)18(32)28-20(5-6-20)16-9-26-16/h3-4,7-8,10H,5-6,9H2,1-2H3,(H,28,32). The van der Waals surface area contributed by atoms with Gasteiger partial charge in [0.05, 0.1) is 40.3 Å². The first-order valence-corrected chi connectivity index (χ1v) is 10.3. The van der Waals surface area contributed by atoms with Crippen LogP contribution < -0.4 is 5.32 Å². The van der Waals surface area contributed by atoms with Crippen LogP contribution >= 0.6 is 11.6 Å². The summed E-state index contributed by atoms with van der Waals surface area (Å²) in [6.07, 6.45) is 0.0449. The monoisotopic (exact) mass is 462 g/mol. The summed E-state index contributed by atoms with van der Waals surface area (Å²) >= 11 is 6.27. The van der Waals surface area contributed by atoms with Gasteiger partial charge in [0, 0.05) is 18.8 Å². The summed E-state index contributed by atoms with van der Waals surface area (Å²) in [6, 6.07) is 4.90. The first-order valence-electron chi connectivity index (χ1n) is 9.91. The second-order valence-electron chi connectivity index (χ2n) is 8.07. The van der Waals surface area contributed by atoms with E-state index in [2.05, 4.69) is 20.5 Å². The van der Waals surface area contributed by atoms with Crippen molar-refractivity contribution in [3.63, 3.8) is 0 Å². The van der Waals surface area contributed by atoms with Crippen molar-refractivity contribution in [2.24, 2.45) is 12.0 Å². The fraction of sp³-hybridized carbons (Fsp3) is 0.333. The lowest BCUT2D eigenvalue weighted by molar-refractivity contribution is -0.138. The molecule has 0 radical (unpaired) electrons. The topological polar surface area (TPSA) is 77.1 Å². The Hall–Kier alpha value is -3.14. The number of aryl methyl sites for hydroxylation is 2. The number of carbonyl (C=O) groups is 1. The Labute approximate surface area is 185 Å². The van der Waals surface area contributed by atoms with Crippen LogP contribution in [0.4, 0.5) is 13.2 Å². The predicted molar refractivity (Wildman–Crippen MR) is 112 cm³/mol. The number of rotatable bonds is 5. The number of aliphatic imine (C=N–C) groups is 1. The fourth-order valence-electron chi connectivity index (χ4n) is 3.94. The molecule has 0 atom stereocenters. The van der Waals surface area contributed by atoms with Gasteiger partial charge in [-0.3, -0.25) is 14.5 Å². The maximum absolute atomic E-state index is 13.6. The fourth-order valence-corrected chi connectivity index (χ4v) is 4.15. The van der Waals surface area contributed by atoms with Gasteiger partial charge in [-0.15, -0.1) is 0 Å². The highest BCUT2D eigenvalue weighted by Gasteiger charge is 2.51. The van der Waals surface area contributed by atoms with Crippen LogP contribution in [-0.4, -0.2) is 43.3 Å². The van der Waals surface area contributed by atoms with E-state index in [1.807, 2.05) is 0 Å². The molecule has 1 aliphatic carbocycles. The molecule has 2 aromatic heterocycles. The van der Waals surface area contributed by atoms with E-state index in [1.165, 1.54) is 26.4 Å². The molecule has 166 valence electrons. The maximum Gasteiger partial charge on any atom is 0.421 e. The van der Waals surface area contributed by atoms with Crippen LogP contribution in [0.15, 0.2) is 35.6 Å². The number of halogens is 4. The van der Waals surface area contributed by atoms with E-state index in [0.717, 1.165) is 27.9 Å². The first kappa shape index (κ1) is 20.7. The Morgan fingerprint density at radius 2 is 1.97 bits per heavy atom. The molecule has 1 N–H and O–H groups in total. The van der Waals surface area contributed by atoms with Crippen molar-refractivity contribution in [3.05, 3.63) is 52.4 Å². The molecule has 7 nitrogen and oxygen atoms in total. The van der Waals surface area contributed by atoms with Crippen LogP contribution in [0.3, 0.4) is 0 Å². The van der Waals surface area contributed by atoms with Gasteiger partial charge in [-0.05, 0) is 37.5 Å². The molecule has 11 heteroatoms. The predicted octanol–water partition coefficient (Wildman–Crippen LogP) is 3.97. The quantitative estimate of drug-likeness (QED) is 0.623. The molecule has 1 aliphatic heterocycles. The number of hydrogen-bond donors (Lipinski definition) is 1. The highest BCUT2D eigenvalue weighted by Crippen LogP contribution is 2.41. The molecular formula is C21H18ClF3N6O. The number of benzene rings is 1. The third-order valence-corrected chi connectivity index (χ3v) is 6.12. The molecule has 3 heterocycles. The van der Waals surface area contributed by atoms with E-state index in [9.17, 15) is 18.0 Å². The minimum atomic E-state index is -4.57. The van der Waals surface area contributed by atoms with Gasteiger partial charge >= 0.3 is 6.18 Å². The lowest BCUT2D eigenvalue weighted by Crippen LogP contribution is -2.40. The zero-order valence-corrected chi connectivity index (χ0v) is 17.9. The molecule has 1 saturated carbocycles. The number of aromatic nitrogens is 4. The molecule has 2 aliphatic rings. The molecule has 1 fully saturated rings. The lowest BCUT2D eigenvalue weighted by Gasteiger charge is -2.14. The molecule has 1 amide bonds. The molecule has 0 unspecified atom stereocenters. The smallest absolute Gasteiger partial charge is 0.341 e. The summed E-state index contributed by atoms with van der Waals surface area (Å²) in [7, 11) is 1.43. The molecule has 1 aromatic carbocycles. The number of carbonyl (C=O) groups excluding carboxylic acids is 1. The third kappa shape index (κ3) is 3.48. The zero-order chi connectivity index (χ0) is 22.8. The van der Waals surface area contributed by atoms with E-state index in [0.29, 0.717) is 17.7 Å². The van der Waals surface area contributed by atoms with Crippen LogP contribution in [0.1, 0.15) is 34.5 Å². The lowest BCUT2D eigenvalue weighted by atomic mass is 10.0. The number of nitrogens with zero attached hydrogens (tertiary/aromatic N) is 5. The van der Waals surface area contributed by atoms with Gasteiger partial charge in [-0.25, -0.2) is 4.68 Å². The summed E-state index contributed by atoms with van der Waals surface area (Å²) < 4.78 is 43.0. The van der Waals surface area contributed by atoms with E-state index in [1.54, 1.807) is 18.2 Å². The van der Waals surface area contributed by atoms with Crippen molar-refractivity contribution in [2.45, 2.75) is 31.5 Å². The Kier molecular flexibility index (Phi) is 4.49. The number of nitrogens with one attached hydrogen (secondary N) is 1. The summed E-state index contributed by atoms with van der Waals surface area (Å²) in [5.74, 6) is -0.493. The Morgan fingerprint density at radius 1 is 1.25 bits per heavy atom. The largest absolute Gasteiger partial charge is 0.421 e. The molecule has 0 spiro atoms. The van der Waals surface area contributed by atoms with Gasteiger partial charge in [0.25, 0.3) is 5.91 Å². The van der Waals surface area contributed by atoms with Crippen LogP contribution in [0, 0.1) is 6.92 Å². The number of amides is 1. The van der Waals surface area contributed by atoms with Crippen molar-refractivity contribution in [1.82, 2.24) is 24.9 Å². The Bertz CT molecular complexity index is 1290. The molecular weight excluding hydrogens is 445 g/mol. The van der Waals surface area contributed by atoms with Gasteiger partial charge in [-0.2, -0.15) is 23.4 Å². The van der Waals surface area contributed by atoms with Gasteiger partial charge < -0.3 is 5.32 Å². The summed E-state index contributed by atoms with van der Waals surface area (Å²) in [5, 5.41) is 11.3. The van der Waals surface area contributed by atoms with Gasteiger partial charge in [0.1, 0.15) is 5.56 Å². The highest BCUT2D eigenvalue weighted by molar-refractivity contribution is 6.34.